The van der Waals surface area contributed by atoms with Gasteiger partial charge in [-0.1, -0.05) is 29.8 Å². The summed E-state index contributed by atoms with van der Waals surface area (Å²) in [4.78, 5) is 0. The molecule has 1 aromatic carbocycles. The minimum atomic E-state index is 0.548. The molecule has 0 spiro atoms. The van der Waals surface area contributed by atoms with E-state index in [2.05, 4.69) is 6.07 Å². The van der Waals surface area contributed by atoms with E-state index >= 15 is 0 Å². The molecular weight excluding hydrogens is 210 g/mol. The van der Waals surface area contributed by atoms with Crippen molar-refractivity contribution in [3.05, 3.63) is 34.9 Å². The van der Waals surface area contributed by atoms with Crippen LogP contribution in [0.3, 0.4) is 0 Å². The van der Waals surface area contributed by atoms with Gasteiger partial charge in [0.05, 0.1) is 12.7 Å². The highest BCUT2D eigenvalue weighted by molar-refractivity contribution is 6.31. The molecule has 0 heterocycles. The number of nitrogens with zero attached hydrogens (tertiary/aromatic N) is 1. The van der Waals surface area contributed by atoms with Crippen molar-refractivity contribution in [3.8, 4) is 6.07 Å². The molecule has 0 aliphatic rings. The lowest BCUT2D eigenvalue weighted by molar-refractivity contribution is 0.117. The van der Waals surface area contributed by atoms with Gasteiger partial charge in [-0.3, -0.25) is 0 Å². The zero-order valence-electron chi connectivity index (χ0n) is 8.58. The van der Waals surface area contributed by atoms with Crippen molar-refractivity contribution >= 4 is 11.6 Å². The average molecular weight is 224 g/mol. The van der Waals surface area contributed by atoms with Gasteiger partial charge in [-0.25, -0.2) is 0 Å². The molecule has 0 aliphatic carbocycles. The third-order valence-corrected chi connectivity index (χ3v) is 2.41. The van der Waals surface area contributed by atoms with Crippen molar-refractivity contribution in [2.75, 3.05) is 6.61 Å². The Balaban J connectivity index is 2.16. The van der Waals surface area contributed by atoms with Crippen LogP contribution in [0.5, 0.6) is 0 Å². The zero-order valence-corrected chi connectivity index (χ0v) is 9.33. The van der Waals surface area contributed by atoms with Crippen LogP contribution in [0.15, 0.2) is 24.3 Å². The molecule has 1 aromatic rings. The van der Waals surface area contributed by atoms with Gasteiger partial charge in [0.25, 0.3) is 0 Å². The molecule has 2 nitrogen and oxygen atoms in total. The zero-order chi connectivity index (χ0) is 10.9. The number of halogens is 1. The number of hydrogen-bond donors (Lipinski definition) is 0. The van der Waals surface area contributed by atoms with Gasteiger partial charge in [0.2, 0.25) is 0 Å². The molecule has 1 rings (SSSR count). The average Bonchev–Trinajstić information content (AvgIpc) is 2.25. The van der Waals surface area contributed by atoms with E-state index in [0.717, 1.165) is 23.4 Å². The van der Waals surface area contributed by atoms with Crippen LogP contribution in [0.2, 0.25) is 5.02 Å². The molecule has 0 aliphatic heterocycles. The number of hydrogen-bond acceptors (Lipinski definition) is 2. The van der Waals surface area contributed by atoms with Gasteiger partial charge in [-0.15, -0.1) is 0 Å². The lowest BCUT2D eigenvalue weighted by Crippen LogP contribution is -1.95. The van der Waals surface area contributed by atoms with Gasteiger partial charge >= 0.3 is 0 Å². The molecule has 0 amide bonds. The highest BCUT2D eigenvalue weighted by Crippen LogP contribution is 2.15. The van der Waals surface area contributed by atoms with Crippen molar-refractivity contribution in [2.24, 2.45) is 0 Å². The second-order valence-electron chi connectivity index (χ2n) is 3.26. The Morgan fingerprint density at radius 2 is 2.07 bits per heavy atom. The predicted octanol–water partition coefficient (Wildman–Crippen LogP) is 3.55. The molecule has 0 atom stereocenters. The fourth-order valence-corrected chi connectivity index (χ4v) is 1.40. The second kappa shape index (κ2) is 7.28. The van der Waals surface area contributed by atoms with Gasteiger partial charge in [-0.05, 0) is 24.5 Å². The fraction of sp³-hybridized carbons (Fsp3) is 0.417. The summed E-state index contributed by atoms with van der Waals surface area (Å²) < 4.78 is 5.45. The van der Waals surface area contributed by atoms with Crippen LogP contribution < -0.4 is 0 Å². The Morgan fingerprint density at radius 3 is 2.80 bits per heavy atom. The topological polar surface area (TPSA) is 33.0 Å². The van der Waals surface area contributed by atoms with Crippen LogP contribution in [0.25, 0.3) is 0 Å². The first-order valence-electron chi connectivity index (χ1n) is 5.02. The summed E-state index contributed by atoms with van der Waals surface area (Å²) in [7, 11) is 0. The van der Waals surface area contributed by atoms with Crippen LogP contribution in [-0.2, 0) is 11.3 Å². The summed E-state index contributed by atoms with van der Waals surface area (Å²) in [5.74, 6) is 0. The third-order valence-electron chi connectivity index (χ3n) is 2.04. The maximum atomic E-state index is 8.33. The van der Waals surface area contributed by atoms with E-state index in [0.29, 0.717) is 19.6 Å². The largest absolute Gasteiger partial charge is 0.377 e. The van der Waals surface area contributed by atoms with Crippen LogP contribution in [-0.4, -0.2) is 6.61 Å². The van der Waals surface area contributed by atoms with Crippen molar-refractivity contribution in [3.63, 3.8) is 0 Å². The van der Waals surface area contributed by atoms with Crippen molar-refractivity contribution in [2.45, 2.75) is 25.9 Å². The van der Waals surface area contributed by atoms with E-state index in [-0.39, 0.29) is 0 Å². The van der Waals surface area contributed by atoms with Crippen molar-refractivity contribution < 1.29 is 4.74 Å². The SMILES string of the molecule is N#CCCCCOCc1ccccc1Cl. The van der Waals surface area contributed by atoms with E-state index in [1.54, 1.807) is 0 Å². The maximum absolute atomic E-state index is 8.33. The van der Waals surface area contributed by atoms with Gasteiger partial charge < -0.3 is 4.74 Å². The maximum Gasteiger partial charge on any atom is 0.0731 e. The van der Waals surface area contributed by atoms with Gasteiger partial charge in [0.1, 0.15) is 0 Å². The summed E-state index contributed by atoms with van der Waals surface area (Å²) in [5, 5.41) is 9.07. The summed E-state index contributed by atoms with van der Waals surface area (Å²) in [6.45, 7) is 1.24. The Kier molecular flexibility index (Phi) is 5.84. The third kappa shape index (κ3) is 4.83. The molecule has 3 heteroatoms. The van der Waals surface area contributed by atoms with E-state index in [1.807, 2.05) is 24.3 Å². The molecule has 0 saturated heterocycles. The summed E-state index contributed by atoms with van der Waals surface area (Å²) in [6.07, 6.45) is 2.44. The van der Waals surface area contributed by atoms with E-state index in [4.69, 9.17) is 21.6 Å². The normalized spacial score (nSPS) is 9.87. The van der Waals surface area contributed by atoms with Crippen LogP contribution in [0.4, 0.5) is 0 Å². The van der Waals surface area contributed by atoms with E-state index in [1.165, 1.54) is 0 Å². The molecule has 80 valence electrons. The molecule has 0 unspecified atom stereocenters. The van der Waals surface area contributed by atoms with Crippen LogP contribution >= 0.6 is 11.6 Å². The highest BCUT2D eigenvalue weighted by atomic mass is 35.5. The summed E-state index contributed by atoms with van der Waals surface area (Å²) >= 11 is 5.96. The van der Waals surface area contributed by atoms with Crippen LogP contribution in [0.1, 0.15) is 24.8 Å². The standard InChI is InChI=1S/C12H14ClNO/c13-12-7-3-2-6-11(12)10-15-9-5-1-4-8-14/h2-3,6-7H,1,4-5,9-10H2. The summed E-state index contributed by atoms with van der Waals surface area (Å²) in [6, 6.07) is 9.77. The minimum absolute atomic E-state index is 0.548. The Labute approximate surface area is 95.4 Å². The van der Waals surface area contributed by atoms with E-state index < -0.39 is 0 Å². The summed E-state index contributed by atoms with van der Waals surface area (Å²) in [5.41, 5.74) is 1.01. The van der Waals surface area contributed by atoms with E-state index in [9.17, 15) is 0 Å². The monoisotopic (exact) mass is 223 g/mol. The first-order chi connectivity index (χ1) is 7.34. The molecule has 0 bridgehead atoms. The quantitative estimate of drug-likeness (QED) is 0.691. The Hall–Kier alpha value is -1.04. The van der Waals surface area contributed by atoms with Crippen molar-refractivity contribution in [1.82, 2.24) is 0 Å². The molecule has 0 saturated carbocycles. The van der Waals surface area contributed by atoms with Gasteiger partial charge in [-0.2, -0.15) is 5.26 Å². The lowest BCUT2D eigenvalue weighted by atomic mass is 10.2. The first-order valence-corrected chi connectivity index (χ1v) is 5.40. The molecule has 0 fully saturated rings. The molecule has 15 heavy (non-hydrogen) atoms. The number of ether oxygens (including phenoxy) is 1. The minimum Gasteiger partial charge on any atom is -0.377 e. The Bertz CT molecular complexity index is 333. The molecule has 0 N–H and O–H groups in total. The lowest BCUT2D eigenvalue weighted by Gasteiger charge is -2.05. The molecule has 0 aromatic heterocycles. The number of unbranched alkanes of at least 4 members (excludes halogenated alkanes) is 2. The number of nitriles is 1. The van der Waals surface area contributed by atoms with Gasteiger partial charge in [0, 0.05) is 18.1 Å². The predicted molar refractivity (Wildman–Crippen MR) is 60.6 cm³/mol. The van der Waals surface area contributed by atoms with Gasteiger partial charge in [0.15, 0.2) is 0 Å². The number of benzene rings is 1. The highest BCUT2D eigenvalue weighted by Gasteiger charge is 1.98. The smallest absolute Gasteiger partial charge is 0.0731 e. The molecular formula is C12H14ClNO. The first kappa shape index (κ1) is 12.0. The van der Waals surface area contributed by atoms with Crippen LogP contribution in [0, 0.1) is 11.3 Å². The molecule has 0 radical (unpaired) electrons. The van der Waals surface area contributed by atoms with Crippen molar-refractivity contribution in [1.29, 1.82) is 5.26 Å². The fourth-order valence-electron chi connectivity index (χ4n) is 1.21. The Morgan fingerprint density at radius 1 is 1.27 bits per heavy atom. The number of rotatable bonds is 6. The second-order valence-corrected chi connectivity index (χ2v) is 3.67.